The predicted molar refractivity (Wildman–Crippen MR) is 100 cm³/mol. The minimum Gasteiger partial charge on any atom is -0.493 e. The SMILES string of the molecule is CCCOc1ccc(C(=O)OCC(=O)Nc2c(C)nn(C)c2C)cc1OC. The fourth-order valence-electron chi connectivity index (χ4n) is 2.47. The van der Waals surface area contributed by atoms with E-state index in [1.807, 2.05) is 13.8 Å². The number of nitrogens with zero attached hydrogens (tertiary/aromatic N) is 2. The van der Waals surface area contributed by atoms with E-state index in [2.05, 4.69) is 10.4 Å². The Balaban J connectivity index is 1.97. The number of aryl methyl sites for hydroxylation is 2. The van der Waals surface area contributed by atoms with Crippen LogP contribution in [0.25, 0.3) is 0 Å². The van der Waals surface area contributed by atoms with Gasteiger partial charge >= 0.3 is 5.97 Å². The quantitative estimate of drug-likeness (QED) is 0.713. The van der Waals surface area contributed by atoms with Crippen LogP contribution in [0.3, 0.4) is 0 Å². The zero-order valence-corrected chi connectivity index (χ0v) is 16.3. The van der Waals surface area contributed by atoms with Gasteiger partial charge in [-0.15, -0.1) is 0 Å². The summed E-state index contributed by atoms with van der Waals surface area (Å²) in [6, 6.07) is 4.75. The molecular formula is C19H25N3O5. The van der Waals surface area contributed by atoms with E-state index in [1.165, 1.54) is 13.2 Å². The Hall–Kier alpha value is -3.03. The van der Waals surface area contributed by atoms with Crippen molar-refractivity contribution in [2.75, 3.05) is 25.6 Å². The first kappa shape index (κ1) is 20.3. The number of carbonyl (C=O) groups excluding carboxylic acids is 2. The van der Waals surface area contributed by atoms with Crippen molar-refractivity contribution in [3.8, 4) is 11.5 Å². The summed E-state index contributed by atoms with van der Waals surface area (Å²) in [6.45, 7) is 5.79. The second-order valence-electron chi connectivity index (χ2n) is 6.01. The van der Waals surface area contributed by atoms with Crippen molar-refractivity contribution in [2.24, 2.45) is 7.05 Å². The molecule has 2 aromatic rings. The van der Waals surface area contributed by atoms with E-state index in [0.29, 0.717) is 29.5 Å². The number of aromatic nitrogens is 2. The third-order valence-corrected chi connectivity index (χ3v) is 3.97. The van der Waals surface area contributed by atoms with Crippen LogP contribution in [0.1, 0.15) is 35.1 Å². The van der Waals surface area contributed by atoms with Gasteiger partial charge in [-0.2, -0.15) is 5.10 Å². The molecule has 0 bridgehead atoms. The van der Waals surface area contributed by atoms with Gasteiger partial charge in [0, 0.05) is 7.05 Å². The number of hydrogen-bond acceptors (Lipinski definition) is 6. The van der Waals surface area contributed by atoms with Crippen LogP contribution in [0.4, 0.5) is 5.69 Å². The van der Waals surface area contributed by atoms with Gasteiger partial charge in [0.2, 0.25) is 0 Å². The number of hydrogen-bond donors (Lipinski definition) is 1. The first-order valence-corrected chi connectivity index (χ1v) is 8.65. The second kappa shape index (κ2) is 9.07. The zero-order chi connectivity index (χ0) is 20.0. The van der Waals surface area contributed by atoms with E-state index in [9.17, 15) is 9.59 Å². The molecule has 1 N–H and O–H groups in total. The molecule has 0 atom stereocenters. The summed E-state index contributed by atoms with van der Waals surface area (Å²) in [6.07, 6.45) is 0.859. The van der Waals surface area contributed by atoms with Crippen LogP contribution in [0, 0.1) is 13.8 Å². The molecule has 0 radical (unpaired) electrons. The molecule has 0 saturated carbocycles. The van der Waals surface area contributed by atoms with Gasteiger partial charge in [-0.3, -0.25) is 9.48 Å². The van der Waals surface area contributed by atoms with Crippen molar-refractivity contribution in [3.63, 3.8) is 0 Å². The number of carbonyl (C=O) groups is 2. The maximum Gasteiger partial charge on any atom is 0.338 e. The minimum absolute atomic E-state index is 0.275. The normalized spacial score (nSPS) is 10.4. The van der Waals surface area contributed by atoms with Crippen LogP contribution < -0.4 is 14.8 Å². The highest BCUT2D eigenvalue weighted by Crippen LogP contribution is 2.28. The van der Waals surface area contributed by atoms with E-state index >= 15 is 0 Å². The number of nitrogens with one attached hydrogen (secondary N) is 1. The number of rotatable bonds is 8. The molecule has 0 unspecified atom stereocenters. The maximum absolute atomic E-state index is 12.2. The first-order chi connectivity index (χ1) is 12.9. The fraction of sp³-hybridized carbons (Fsp3) is 0.421. The Morgan fingerprint density at radius 1 is 1.22 bits per heavy atom. The van der Waals surface area contributed by atoms with Crippen molar-refractivity contribution in [1.82, 2.24) is 9.78 Å². The first-order valence-electron chi connectivity index (χ1n) is 8.65. The lowest BCUT2D eigenvalue weighted by atomic mass is 10.2. The van der Waals surface area contributed by atoms with Crippen LogP contribution in [0.5, 0.6) is 11.5 Å². The van der Waals surface area contributed by atoms with E-state index in [1.54, 1.807) is 30.8 Å². The highest BCUT2D eigenvalue weighted by Gasteiger charge is 2.16. The number of methoxy groups -OCH3 is 1. The molecule has 0 spiro atoms. The molecule has 1 amide bonds. The molecular weight excluding hydrogens is 350 g/mol. The number of ether oxygens (including phenoxy) is 3. The van der Waals surface area contributed by atoms with Crippen molar-refractivity contribution in [2.45, 2.75) is 27.2 Å². The highest BCUT2D eigenvalue weighted by atomic mass is 16.5. The molecule has 8 heteroatoms. The van der Waals surface area contributed by atoms with Gasteiger partial charge in [0.25, 0.3) is 5.91 Å². The smallest absolute Gasteiger partial charge is 0.338 e. The molecule has 0 saturated heterocycles. The summed E-state index contributed by atoms with van der Waals surface area (Å²) < 4.78 is 17.6. The summed E-state index contributed by atoms with van der Waals surface area (Å²) in [5.41, 5.74) is 2.41. The van der Waals surface area contributed by atoms with Crippen LogP contribution in [0.2, 0.25) is 0 Å². The van der Waals surface area contributed by atoms with Crippen LogP contribution >= 0.6 is 0 Å². The molecule has 27 heavy (non-hydrogen) atoms. The predicted octanol–water partition coefficient (Wildman–Crippen LogP) is 2.63. The van der Waals surface area contributed by atoms with E-state index in [0.717, 1.165) is 12.1 Å². The largest absolute Gasteiger partial charge is 0.493 e. The molecule has 0 aliphatic rings. The summed E-state index contributed by atoms with van der Waals surface area (Å²) in [4.78, 5) is 24.3. The molecule has 1 aromatic heterocycles. The molecule has 0 aliphatic carbocycles. The number of amides is 1. The monoisotopic (exact) mass is 375 g/mol. The number of benzene rings is 1. The topological polar surface area (TPSA) is 91.7 Å². The summed E-state index contributed by atoms with van der Waals surface area (Å²) >= 11 is 0. The van der Waals surface area contributed by atoms with Gasteiger partial charge in [-0.1, -0.05) is 6.92 Å². The van der Waals surface area contributed by atoms with Gasteiger partial charge in [0.1, 0.15) is 0 Å². The lowest BCUT2D eigenvalue weighted by Crippen LogP contribution is -2.21. The van der Waals surface area contributed by atoms with Gasteiger partial charge in [-0.25, -0.2) is 4.79 Å². The minimum atomic E-state index is -0.620. The number of anilines is 1. The molecule has 8 nitrogen and oxygen atoms in total. The van der Waals surface area contributed by atoms with Gasteiger partial charge in [0.05, 0.1) is 36.4 Å². The van der Waals surface area contributed by atoms with Crippen molar-refractivity contribution >= 4 is 17.6 Å². The Morgan fingerprint density at radius 2 is 1.96 bits per heavy atom. The number of esters is 1. The second-order valence-corrected chi connectivity index (χ2v) is 6.01. The zero-order valence-electron chi connectivity index (χ0n) is 16.3. The third kappa shape index (κ3) is 4.99. The van der Waals surface area contributed by atoms with Crippen LogP contribution in [-0.2, 0) is 16.6 Å². The Morgan fingerprint density at radius 3 is 2.56 bits per heavy atom. The molecule has 1 aromatic carbocycles. The van der Waals surface area contributed by atoms with Crippen LogP contribution in [-0.4, -0.2) is 42.0 Å². The van der Waals surface area contributed by atoms with Crippen molar-refractivity contribution < 1.29 is 23.8 Å². The van der Waals surface area contributed by atoms with Gasteiger partial charge in [-0.05, 0) is 38.5 Å². The molecule has 0 aliphatic heterocycles. The molecule has 0 fully saturated rings. The summed E-state index contributed by atoms with van der Waals surface area (Å²) in [7, 11) is 3.29. The van der Waals surface area contributed by atoms with E-state index < -0.39 is 18.5 Å². The average Bonchev–Trinajstić information content (AvgIpc) is 2.90. The van der Waals surface area contributed by atoms with Crippen molar-refractivity contribution in [3.05, 3.63) is 35.2 Å². The molecule has 146 valence electrons. The van der Waals surface area contributed by atoms with Crippen molar-refractivity contribution in [1.29, 1.82) is 0 Å². The summed E-state index contributed by atoms with van der Waals surface area (Å²) in [5, 5.41) is 6.94. The van der Waals surface area contributed by atoms with E-state index in [-0.39, 0.29) is 5.56 Å². The standard InChI is InChI=1S/C19H25N3O5/c1-6-9-26-15-8-7-14(10-16(15)25-5)19(24)27-11-17(23)20-18-12(2)21-22(4)13(18)3/h7-8,10H,6,9,11H2,1-5H3,(H,20,23). The lowest BCUT2D eigenvalue weighted by Gasteiger charge is -2.11. The van der Waals surface area contributed by atoms with Gasteiger partial charge < -0.3 is 19.5 Å². The Kier molecular flexibility index (Phi) is 6.81. The van der Waals surface area contributed by atoms with Gasteiger partial charge in [0.15, 0.2) is 18.1 Å². The lowest BCUT2D eigenvalue weighted by molar-refractivity contribution is -0.119. The average molecular weight is 375 g/mol. The van der Waals surface area contributed by atoms with E-state index in [4.69, 9.17) is 14.2 Å². The maximum atomic E-state index is 12.2. The fourth-order valence-corrected chi connectivity index (χ4v) is 2.47. The molecule has 2 rings (SSSR count). The summed E-state index contributed by atoms with van der Waals surface area (Å²) in [5.74, 6) is -0.0670. The Labute approximate surface area is 158 Å². The third-order valence-electron chi connectivity index (χ3n) is 3.97. The molecule has 1 heterocycles. The highest BCUT2D eigenvalue weighted by molar-refractivity contribution is 5.96. The Bertz CT molecular complexity index is 829. The van der Waals surface area contributed by atoms with Crippen LogP contribution in [0.15, 0.2) is 18.2 Å².